The van der Waals surface area contributed by atoms with Gasteiger partial charge in [-0.05, 0) is 13.0 Å². The van der Waals surface area contributed by atoms with Crippen molar-refractivity contribution in [3.63, 3.8) is 0 Å². The molecule has 0 aliphatic heterocycles. The van der Waals surface area contributed by atoms with Gasteiger partial charge in [0, 0.05) is 18.2 Å². The van der Waals surface area contributed by atoms with Crippen LogP contribution in [0, 0.1) is 18.6 Å². The first-order valence-corrected chi connectivity index (χ1v) is 7.41. The van der Waals surface area contributed by atoms with Crippen molar-refractivity contribution < 1.29 is 22.3 Å². The first-order chi connectivity index (χ1) is 9.85. The highest BCUT2D eigenvalue weighted by Crippen LogP contribution is 2.18. The number of sulfonamides is 1. The lowest BCUT2D eigenvalue weighted by Gasteiger charge is -2.08. The summed E-state index contributed by atoms with van der Waals surface area (Å²) >= 11 is 0. The van der Waals surface area contributed by atoms with Gasteiger partial charge in [0.15, 0.2) is 0 Å². The summed E-state index contributed by atoms with van der Waals surface area (Å²) < 4.78 is 52.8. The Morgan fingerprint density at radius 2 is 2.10 bits per heavy atom. The minimum atomic E-state index is -3.98. The summed E-state index contributed by atoms with van der Waals surface area (Å²) in [6.45, 7) is 0.592. The van der Waals surface area contributed by atoms with Gasteiger partial charge in [-0.1, -0.05) is 6.07 Å². The maximum Gasteiger partial charge on any atom is 0.244 e. The minimum Gasteiger partial charge on any atom is -0.390 e. The van der Waals surface area contributed by atoms with Gasteiger partial charge in [0.05, 0.1) is 12.3 Å². The molecule has 9 heteroatoms. The minimum absolute atomic E-state index is 0.00618. The van der Waals surface area contributed by atoms with Crippen molar-refractivity contribution in [3.05, 3.63) is 46.8 Å². The number of aryl methyl sites for hydroxylation is 1. The van der Waals surface area contributed by atoms with Crippen LogP contribution in [-0.4, -0.2) is 23.7 Å². The molecule has 0 bridgehead atoms. The largest absolute Gasteiger partial charge is 0.390 e. The smallest absolute Gasteiger partial charge is 0.244 e. The summed E-state index contributed by atoms with van der Waals surface area (Å²) in [6, 6.07) is 2.86. The fraction of sp³-hybridized carbons (Fsp3) is 0.250. The number of aliphatic hydroxyl groups excluding tert-OH is 1. The average Bonchev–Trinajstić information content (AvgIpc) is 2.79. The lowest BCUT2D eigenvalue weighted by atomic mass is 10.2. The maximum absolute atomic E-state index is 13.5. The van der Waals surface area contributed by atoms with E-state index in [9.17, 15) is 17.2 Å². The van der Waals surface area contributed by atoms with Gasteiger partial charge in [-0.2, -0.15) is 5.10 Å². The normalized spacial score (nSPS) is 11.8. The zero-order valence-electron chi connectivity index (χ0n) is 11.0. The highest BCUT2D eigenvalue weighted by Gasteiger charge is 2.24. The van der Waals surface area contributed by atoms with Crippen LogP contribution in [0.25, 0.3) is 0 Å². The Bertz CT molecular complexity index is 759. The molecule has 0 unspecified atom stereocenters. The van der Waals surface area contributed by atoms with Crippen LogP contribution in [0.4, 0.5) is 8.78 Å². The van der Waals surface area contributed by atoms with E-state index in [4.69, 9.17) is 5.11 Å². The van der Waals surface area contributed by atoms with Crippen molar-refractivity contribution in [3.8, 4) is 0 Å². The molecule has 0 aliphatic rings. The average molecular weight is 317 g/mol. The molecule has 114 valence electrons. The monoisotopic (exact) mass is 317 g/mol. The summed E-state index contributed by atoms with van der Waals surface area (Å²) in [6.07, 6.45) is 0. The molecule has 21 heavy (non-hydrogen) atoms. The molecule has 2 aromatic rings. The van der Waals surface area contributed by atoms with Crippen LogP contribution in [0.15, 0.2) is 23.1 Å². The highest BCUT2D eigenvalue weighted by molar-refractivity contribution is 7.89. The molecular formula is C12H13F2N3O3S. The van der Waals surface area contributed by atoms with Gasteiger partial charge in [-0.3, -0.25) is 5.10 Å². The predicted octanol–water partition coefficient (Wildman–Crippen LogP) is 0.967. The van der Waals surface area contributed by atoms with Gasteiger partial charge >= 0.3 is 0 Å². The van der Waals surface area contributed by atoms with Gasteiger partial charge in [0.2, 0.25) is 10.0 Å². The highest BCUT2D eigenvalue weighted by atomic mass is 32.2. The number of hydrogen-bond donors (Lipinski definition) is 3. The van der Waals surface area contributed by atoms with E-state index in [1.165, 1.54) is 6.92 Å². The molecule has 1 aromatic heterocycles. The lowest BCUT2D eigenvalue weighted by molar-refractivity contribution is 0.273. The van der Waals surface area contributed by atoms with Gasteiger partial charge in [-0.15, -0.1) is 0 Å². The van der Waals surface area contributed by atoms with Crippen molar-refractivity contribution >= 4 is 10.0 Å². The Morgan fingerprint density at radius 3 is 2.71 bits per heavy atom. The number of hydrogen-bond acceptors (Lipinski definition) is 4. The molecular weight excluding hydrogens is 304 g/mol. The van der Waals surface area contributed by atoms with Gasteiger partial charge < -0.3 is 5.11 Å². The molecule has 0 aliphatic carbocycles. The van der Waals surface area contributed by atoms with Crippen molar-refractivity contribution in [2.24, 2.45) is 0 Å². The topological polar surface area (TPSA) is 95.1 Å². The fourth-order valence-corrected chi connectivity index (χ4v) is 3.20. The summed E-state index contributed by atoms with van der Waals surface area (Å²) in [5.74, 6) is -1.59. The zero-order chi connectivity index (χ0) is 15.6. The molecule has 1 aromatic carbocycles. The fourth-order valence-electron chi connectivity index (χ4n) is 1.84. The van der Waals surface area contributed by atoms with Crippen molar-refractivity contribution in [2.45, 2.75) is 25.0 Å². The summed E-state index contributed by atoms with van der Waals surface area (Å²) in [5.41, 5.74) is 0.234. The van der Waals surface area contributed by atoms with Crippen molar-refractivity contribution in [1.29, 1.82) is 0 Å². The lowest BCUT2D eigenvalue weighted by Crippen LogP contribution is -2.25. The Kier molecular flexibility index (Phi) is 4.35. The molecule has 0 radical (unpaired) electrons. The van der Waals surface area contributed by atoms with E-state index in [2.05, 4.69) is 14.9 Å². The van der Waals surface area contributed by atoms with Crippen LogP contribution in [0.1, 0.15) is 17.0 Å². The summed E-state index contributed by atoms with van der Waals surface area (Å²) in [7, 11) is -3.98. The molecule has 0 atom stereocenters. The number of nitrogens with zero attached hydrogens (tertiary/aromatic N) is 1. The molecule has 6 nitrogen and oxygen atoms in total. The van der Waals surface area contributed by atoms with Gasteiger partial charge in [-0.25, -0.2) is 21.9 Å². The SMILES string of the molecule is Cc1[nH]nc(CO)c1S(=O)(=O)NCc1ccc(F)cc1F. The third-order valence-corrected chi connectivity index (χ3v) is 4.45. The van der Waals surface area contributed by atoms with Crippen LogP contribution in [-0.2, 0) is 23.2 Å². The molecule has 2 rings (SSSR count). The van der Waals surface area contributed by atoms with E-state index in [0.717, 1.165) is 12.1 Å². The predicted molar refractivity (Wildman–Crippen MR) is 69.6 cm³/mol. The third kappa shape index (κ3) is 3.26. The van der Waals surface area contributed by atoms with E-state index in [1.807, 2.05) is 0 Å². The zero-order valence-corrected chi connectivity index (χ0v) is 11.8. The second-order valence-corrected chi connectivity index (χ2v) is 6.05. The number of aliphatic hydroxyl groups is 1. The number of aromatic amines is 1. The molecule has 0 amide bonds. The van der Waals surface area contributed by atoms with Crippen LogP contribution in [0.3, 0.4) is 0 Å². The van der Waals surface area contributed by atoms with E-state index in [0.29, 0.717) is 6.07 Å². The summed E-state index contributed by atoms with van der Waals surface area (Å²) in [5, 5.41) is 15.2. The maximum atomic E-state index is 13.5. The number of nitrogens with one attached hydrogen (secondary N) is 2. The van der Waals surface area contributed by atoms with Crippen LogP contribution >= 0.6 is 0 Å². The Labute approximate surface area is 119 Å². The Balaban J connectivity index is 2.24. The quantitative estimate of drug-likeness (QED) is 0.766. The van der Waals surface area contributed by atoms with Crippen molar-refractivity contribution in [2.75, 3.05) is 0 Å². The standard InChI is InChI=1S/C12H13F2N3O3S/c1-7-12(11(6-18)17-16-7)21(19,20)15-5-8-2-3-9(13)4-10(8)14/h2-4,15,18H,5-6H2,1H3,(H,16,17). The number of aromatic nitrogens is 2. The number of H-pyrrole nitrogens is 1. The second kappa shape index (κ2) is 5.88. The van der Waals surface area contributed by atoms with E-state index < -0.39 is 28.3 Å². The molecule has 0 spiro atoms. The molecule has 1 heterocycles. The molecule has 0 fully saturated rings. The van der Waals surface area contributed by atoms with Crippen LogP contribution in [0.5, 0.6) is 0 Å². The Hall–Kier alpha value is -1.84. The number of halogens is 2. The molecule has 0 saturated heterocycles. The van der Waals surface area contributed by atoms with E-state index in [-0.39, 0.29) is 28.4 Å². The van der Waals surface area contributed by atoms with Crippen LogP contribution < -0.4 is 4.72 Å². The molecule has 0 saturated carbocycles. The van der Waals surface area contributed by atoms with Crippen LogP contribution in [0.2, 0.25) is 0 Å². The van der Waals surface area contributed by atoms with Crippen molar-refractivity contribution in [1.82, 2.24) is 14.9 Å². The summed E-state index contributed by atoms with van der Waals surface area (Å²) in [4.78, 5) is -0.174. The second-order valence-electron chi connectivity index (χ2n) is 4.34. The van der Waals surface area contributed by atoms with E-state index >= 15 is 0 Å². The van der Waals surface area contributed by atoms with Gasteiger partial charge in [0.25, 0.3) is 0 Å². The van der Waals surface area contributed by atoms with Gasteiger partial charge in [0.1, 0.15) is 22.2 Å². The first-order valence-electron chi connectivity index (χ1n) is 5.93. The first kappa shape index (κ1) is 15.5. The number of rotatable bonds is 5. The Morgan fingerprint density at radius 1 is 1.38 bits per heavy atom. The third-order valence-electron chi connectivity index (χ3n) is 2.85. The van der Waals surface area contributed by atoms with E-state index in [1.54, 1.807) is 0 Å². The molecule has 3 N–H and O–H groups in total. The number of benzene rings is 1.